The predicted molar refractivity (Wildman–Crippen MR) is 94.8 cm³/mol. The molecule has 0 saturated heterocycles. The number of nitrogens with zero attached hydrogens (tertiary/aromatic N) is 3. The third-order valence-electron chi connectivity index (χ3n) is 2.73. The third-order valence-corrected chi connectivity index (χ3v) is 3.49. The minimum atomic E-state index is -0.168. The number of nitriles is 1. The molecule has 0 aliphatic heterocycles. The van der Waals surface area contributed by atoms with Crippen LogP contribution in [0.2, 0.25) is 0 Å². The monoisotopic (exact) mass is 344 g/mol. The average molecular weight is 344 g/mol. The summed E-state index contributed by atoms with van der Waals surface area (Å²) >= 11 is 1.34. The Balaban J connectivity index is 2.16. The molecular weight excluding hydrogens is 328 g/mol. The summed E-state index contributed by atoms with van der Waals surface area (Å²) in [5.41, 5.74) is 7.58. The first kappa shape index (κ1) is 17.2. The summed E-state index contributed by atoms with van der Waals surface area (Å²) in [6.07, 6.45) is 1.70. The quantitative estimate of drug-likeness (QED) is 0.268. The summed E-state index contributed by atoms with van der Waals surface area (Å²) in [5.74, 6) is 0.0829. The van der Waals surface area contributed by atoms with Crippen molar-refractivity contribution in [2.75, 3.05) is 23.8 Å². The van der Waals surface area contributed by atoms with Crippen molar-refractivity contribution in [3.05, 3.63) is 29.6 Å². The van der Waals surface area contributed by atoms with Crippen molar-refractivity contribution in [3.8, 4) is 17.5 Å². The molecule has 0 aliphatic carbocycles. The second kappa shape index (κ2) is 8.47. The minimum Gasteiger partial charge on any atom is -0.395 e. The van der Waals surface area contributed by atoms with Gasteiger partial charge >= 0.3 is 0 Å². The SMILES string of the molecule is N#C/N=C(/NCCO)Nc1cccc(-c2csc(NC(=N)N)n2)c1. The molecule has 0 atom stereocenters. The van der Waals surface area contributed by atoms with Crippen LogP contribution in [0, 0.1) is 16.9 Å². The van der Waals surface area contributed by atoms with Gasteiger partial charge in [-0.1, -0.05) is 12.1 Å². The molecule has 0 radical (unpaired) electrons. The summed E-state index contributed by atoms with van der Waals surface area (Å²) in [6, 6.07) is 7.39. The number of guanidine groups is 2. The number of rotatable bonds is 5. The molecule has 1 aromatic carbocycles. The molecule has 10 heteroatoms. The number of thiazole rings is 1. The van der Waals surface area contributed by atoms with Crippen LogP contribution in [-0.2, 0) is 0 Å². The molecule has 0 aliphatic rings. The van der Waals surface area contributed by atoms with Gasteiger partial charge in [0.1, 0.15) is 0 Å². The van der Waals surface area contributed by atoms with Crippen LogP contribution >= 0.6 is 11.3 Å². The molecule has 2 aromatic rings. The number of aliphatic hydroxyl groups excluding tert-OH is 1. The summed E-state index contributed by atoms with van der Waals surface area (Å²) in [6.45, 7) is 0.205. The van der Waals surface area contributed by atoms with E-state index in [-0.39, 0.29) is 25.1 Å². The molecule has 0 fully saturated rings. The van der Waals surface area contributed by atoms with E-state index in [1.807, 2.05) is 29.6 Å². The zero-order valence-electron chi connectivity index (χ0n) is 12.6. The van der Waals surface area contributed by atoms with Gasteiger partial charge in [-0.15, -0.1) is 16.3 Å². The Kier molecular flexibility index (Phi) is 6.07. The zero-order valence-corrected chi connectivity index (χ0v) is 13.4. The first-order valence-corrected chi connectivity index (χ1v) is 7.76. The molecule has 2 rings (SSSR count). The Morgan fingerprint density at radius 2 is 2.29 bits per heavy atom. The number of aliphatic imine (C=N–C) groups is 1. The molecule has 0 bridgehead atoms. The fraction of sp³-hybridized carbons (Fsp3) is 0.143. The molecule has 0 amide bonds. The molecule has 9 nitrogen and oxygen atoms in total. The minimum absolute atomic E-state index is 0.0725. The van der Waals surface area contributed by atoms with Crippen LogP contribution in [-0.4, -0.2) is 35.2 Å². The Morgan fingerprint density at radius 1 is 1.46 bits per heavy atom. The molecule has 0 spiro atoms. The van der Waals surface area contributed by atoms with Crippen molar-refractivity contribution in [1.82, 2.24) is 10.3 Å². The van der Waals surface area contributed by atoms with E-state index in [0.29, 0.717) is 10.8 Å². The van der Waals surface area contributed by atoms with Crippen molar-refractivity contribution in [2.45, 2.75) is 0 Å². The lowest BCUT2D eigenvalue weighted by atomic mass is 10.1. The van der Waals surface area contributed by atoms with Crippen LogP contribution in [0.3, 0.4) is 0 Å². The second-order valence-corrected chi connectivity index (χ2v) is 5.35. The normalized spacial score (nSPS) is 10.8. The molecule has 1 heterocycles. The highest BCUT2D eigenvalue weighted by Gasteiger charge is 2.07. The zero-order chi connectivity index (χ0) is 17.4. The van der Waals surface area contributed by atoms with Crippen LogP contribution in [0.5, 0.6) is 0 Å². The van der Waals surface area contributed by atoms with Crippen molar-refractivity contribution in [3.63, 3.8) is 0 Å². The molecule has 1 aromatic heterocycles. The van der Waals surface area contributed by atoms with Gasteiger partial charge < -0.3 is 26.8 Å². The lowest BCUT2D eigenvalue weighted by molar-refractivity contribution is 0.300. The largest absolute Gasteiger partial charge is 0.395 e. The maximum Gasteiger partial charge on any atom is 0.211 e. The average Bonchev–Trinajstić information content (AvgIpc) is 3.01. The fourth-order valence-corrected chi connectivity index (χ4v) is 2.54. The van der Waals surface area contributed by atoms with Gasteiger partial charge in [0.15, 0.2) is 11.1 Å². The maximum atomic E-state index is 8.84. The van der Waals surface area contributed by atoms with Gasteiger partial charge in [-0.2, -0.15) is 5.26 Å². The number of nitrogens with two attached hydrogens (primary N) is 1. The molecule has 124 valence electrons. The van der Waals surface area contributed by atoms with Crippen LogP contribution in [0.1, 0.15) is 0 Å². The van der Waals surface area contributed by atoms with Gasteiger partial charge in [0.2, 0.25) is 12.2 Å². The van der Waals surface area contributed by atoms with Gasteiger partial charge in [0.25, 0.3) is 0 Å². The summed E-state index contributed by atoms with van der Waals surface area (Å²) < 4.78 is 0. The number of benzene rings is 1. The van der Waals surface area contributed by atoms with Gasteiger partial charge in [-0.05, 0) is 12.1 Å². The Morgan fingerprint density at radius 3 is 3.00 bits per heavy atom. The first-order valence-electron chi connectivity index (χ1n) is 6.88. The number of anilines is 2. The van der Waals surface area contributed by atoms with Crippen molar-refractivity contribution < 1.29 is 5.11 Å². The van der Waals surface area contributed by atoms with Gasteiger partial charge in [0, 0.05) is 23.2 Å². The highest BCUT2D eigenvalue weighted by atomic mass is 32.1. The van der Waals surface area contributed by atoms with Crippen LogP contribution in [0.25, 0.3) is 11.3 Å². The number of hydrogen-bond donors (Lipinski definition) is 6. The molecule has 0 unspecified atom stereocenters. The van der Waals surface area contributed by atoms with E-state index in [9.17, 15) is 0 Å². The fourth-order valence-electron chi connectivity index (χ4n) is 1.81. The maximum absolute atomic E-state index is 8.84. The standard InChI is InChI=1S/C14H16N8OS/c15-8-19-13(18-4-5-23)20-10-3-1-2-9(6-10)11-7-24-14(21-11)22-12(16)17/h1-3,6-7,23H,4-5H2,(H2,18,19,20)(H4,16,17,21,22). The van der Waals surface area contributed by atoms with Crippen molar-refractivity contribution >= 4 is 34.1 Å². The lowest BCUT2D eigenvalue weighted by Gasteiger charge is -2.10. The smallest absolute Gasteiger partial charge is 0.211 e. The van der Waals surface area contributed by atoms with E-state index in [1.165, 1.54) is 11.3 Å². The molecule has 0 saturated carbocycles. The van der Waals surface area contributed by atoms with E-state index in [0.717, 1.165) is 11.3 Å². The van der Waals surface area contributed by atoms with E-state index < -0.39 is 0 Å². The Labute approximate surface area is 142 Å². The van der Waals surface area contributed by atoms with Crippen LogP contribution in [0.4, 0.5) is 10.8 Å². The number of aromatic nitrogens is 1. The molecular formula is C14H16N8OS. The Hall–Kier alpha value is -3.16. The topological polar surface area (TPSA) is 155 Å². The Bertz CT molecular complexity index is 779. The number of hydrogen-bond acceptors (Lipinski definition) is 6. The number of aliphatic hydroxyl groups is 1. The number of nitrogens with one attached hydrogen (secondary N) is 4. The van der Waals surface area contributed by atoms with Crippen LogP contribution < -0.4 is 21.7 Å². The summed E-state index contributed by atoms with van der Waals surface area (Å²) in [4.78, 5) is 7.98. The lowest BCUT2D eigenvalue weighted by Crippen LogP contribution is -2.32. The third kappa shape index (κ3) is 4.94. The van der Waals surface area contributed by atoms with E-state index >= 15 is 0 Å². The van der Waals surface area contributed by atoms with E-state index in [4.69, 9.17) is 21.5 Å². The van der Waals surface area contributed by atoms with Gasteiger partial charge in [-0.25, -0.2) is 4.98 Å². The highest BCUT2D eigenvalue weighted by Crippen LogP contribution is 2.26. The summed E-state index contributed by atoms with van der Waals surface area (Å²) in [5, 5.41) is 35.6. The highest BCUT2D eigenvalue weighted by molar-refractivity contribution is 7.14. The first-order chi connectivity index (χ1) is 11.6. The van der Waals surface area contributed by atoms with Gasteiger partial charge in [0.05, 0.1) is 12.3 Å². The second-order valence-electron chi connectivity index (χ2n) is 4.49. The van der Waals surface area contributed by atoms with Gasteiger partial charge in [-0.3, -0.25) is 5.41 Å². The van der Waals surface area contributed by atoms with Crippen molar-refractivity contribution in [2.24, 2.45) is 10.7 Å². The van der Waals surface area contributed by atoms with Crippen LogP contribution in [0.15, 0.2) is 34.6 Å². The van der Waals surface area contributed by atoms with E-state index in [2.05, 4.69) is 25.9 Å². The predicted octanol–water partition coefficient (Wildman–Crippen LogP) is 0.946. The molecule has 24 heavy (non-hydrogen) atoms. The molecule has 7 N–H and O–H groups in total. The summed E-state index contributed by atoms with van der Waals surface area (Å²) in [7, 11) is 0. The van der Waals surface area contributed by atoms with Crippen molar-refractivity contribution in [1.29, 1.82) is 10.7 Å². The van der Waals surface area contributed by atoms with E-state index in [1.54, 1.807) is 6.19 Å².